The summed E-state index contributed by atoms with van der Waals surface area (Å²) >= 11 is 0. The molecule has 1 aliphatic rings. The van der Waals surface area contributed by atoms with E-state index in [1.54, 1.807) is 0 Å². The van der Waals surface area contributed by atoms with E-state index in [4.69, 9.17) is 9.73 Å². The molecule has 122 valence electrons. The molecule has 3 aromatic rings. The van der Waals surface area contributed by atoms with Crippen LogP contribution in [0.15, 0.2) is 96.5 Å². The van der Waals surface area contributed by atoms with Gasteiger partial charge in [0, 0.05) is 0 Å². The van der Waals surface area contributed by atoms with Crippen molar-refractivity contribution in [2.75, 3.05) is 0 Å². The molecule has 0 radical (unpaired) electrons. The molecule has 4 rings (SSSR count). The van der Waals surface area contributed by atoms with E-state index < -0.39 is 0 Å². The van der Waals surface area contributed by atoms with Crippen LogP contribution in [0.3, 0.4) is 0 Å². The van der Waals surface area contributed by atoms with E-state index in [1.807, 2.05) is 66.7 Å². The Morgan fingerprint density at radius 1 is 0.840 bits per heavy atom. The topological polar surface area (TPSA) is 24.9 Å². The van der Waals surface area contributed by atoms with Crippen LogP contribution in [-0.4, -0.2) is 11.8 Å². The fraction of sp³-hybridized carbons (Fsp3) is 0.0870. The van der Waals surface area contributed by atoms with Crippen LogP contribution >= 0.6 is 0 Å². The molecule has 1 fully saturated rings. The van der Waals surface area contributed by atoms with Crippen LogP contribution in [0, 0.1) is 0 Å². The third-order valence-corrected chi connectivity index (χ3v) is 4.34. The molecule has 0 aliphatic carbocycles. The molecule has 25 heavy (non-hydrogen) atoms. The smallest absolute Gasteiger partial charge is 0.131 e. The van der Waals surface area contributed by atoms with Crippen molar-refractivity contribution < 1.29 is 4.74 Å². The van der Waals surface area contributed by atoms with Gasteiger partial charge in [0.05, 0.1) is 11.4 Å². The fourth-order valence-electron chi connectivity index (χ4n) is 2.94. The number of nitrogens with zero attached hydrogens (tertiary/aromatic N) is 1. The van der Waals surface area contributed by atoms with Gasteiger partial charge in [-0.2, -0.15) is 0 Å². The van der Waals surface area contributed by atoms with Crippen molar-refractivity contribution in [3.63, 3.8) is 0 Å². The second kappa shape index (κ2) is 6.88. The Labute approximate surface area is 148 Å². The lowest BCUT2D eigenvalue weighted by molar-refractivity contribution is 0.400. The first-order chi connectivity index (χ1) is 12.3. The summed E-state index contributed by atoms with van der Waals surface area (Å²) in [7, 11) is 0. The maximum atomic E-state index is 5.99. The molecular formula is C23H19NO. The zero-order valence-corrected chi connectivity index (χ0v) is 13.9. The molecule has 1 saturated heterocycles. The summed E-state index contributed by atoms with van der Waals surface area (Å²) in [6, 6.07) is 28.6. The highest BCUT2D eigenvalue weighted by Gasteiger charge is 2.44. The first-order valence-corrected chi connectivity index (χ1v) is 8.42. The molecule has 2 atom stereocenters. The van der Waals surface area contributed by atoms with Crippen molar-refractivity contribution in [3.05, 3.63) is 108 Å². The highest BCUT2D eigenvalue weighted by atomic mass is 16.6. The average Bonchev–Trinajstić information content (AvgIpc) is 3.48. The molecule has 1 aliphatic heterocycles. The number of epoxide rings is 1. The van der Waals surface area contributed by atoms with Gasteiger partial charge in [-0.1, -0.05) is 85.5 Å². The summed E-state index contributed by atoms with van der Waals surface area (Å²) in [6.45, 7) is 3.80. The fourth-order valence-corrected chi connectivity index (χ4v) is 2.94. The van der Waals surface area contributed by atoms with Gasteiger partial charge in [0.2, 0.25) is 0 Å². The van der Waals surface area contributed by atoms with Gasteiger partial charge < -0.3 is 4.74 Å². The second-order valence-corrected chi connectivity index (χ2v) is 6.05. The van der Waals surface area contributed by atoms with E-state index in [1.165, 1.54) is 5.56 Å². The Morgan fingerprint density at radius 2 is 1.48 bits per heavy atom. The van der Waals surface area contributed by atoms with Crippen LogP contribution in [-0.2, 0) is 4.74 Å². The van der Waals surface area contributed by atoms with E-state index >= 15 is 0 Å². The molecule has 0 saturated carbocycles. The van der Waals surface area contributed by atoms with Crippen molar-refractivity contribution in [2.24, 2.45) is 4.99 Å². The van der Waals surface area contributed by atoms with E-state index in [-0.39, 0.29) is 12.2 Å². The highest BCUT2D eigenvalue weighted by Crippen LogP contribution is 2.41. The zero-order valence-electron chi connectivity index (χ0n) is 13.9. The summed E-state index contributed by atoms with van der Waals surface area (Å²) in [4.78, 5) is 4.90. The zero-order chi connectivity index (χ0) is 17.1. The number of benzene rings is 3. The van der Waals surface area contributed by atoms with Crippen LogP contribution in [0.1, 0.15) is 22.8 Å². The molecule has 0 bridgehead atoms. The summed E-state index contributed by atoms with van der Waals surface area (Å²) in [5, 5.41) is 0. The summed E-state index contributed by atoms with van der Waals surface area (Å²) < 4.78 is 5.99. The minimum atomic E-state index is -0.0103. The average molecular weight is 325 g/mol. The minimum Gasteiger partial charge on any atom is -0.358 e. The molecule has 0 amide bonds. The minimum absolute atomic E-state index is 0.0103. The molecule has 2 nitrogen and oxygen atoms in total. The molecule has 0 unspecified atom stereocenters. The highest BCUT2D eigenvalue weighted by molar-refractivity contribution is 6.07. The summed E-state index contributed by atoms with van der Waals surface area (Å²) in [5.74, 6) is 0. The van der Waals surface area contributed by atoms with Crippen LogP contribution < -0.4 is 0 Å². The largest absolute Gasteiger partial charge is 0.358 e. The Hall–Kier alpha value is -2.97. The van der Waals surface area contributed by atoms with E-state index in [2.05, 4.69) is 30.8 Å². The monoisotopic (exact) mass is 325 g/mol. The maximum absolute atomic E-state index is 5.99. The van der Waals surface area contributed by atoms with Gasteiger partial charge in [0.15, 0.2) is 0 Å². The van der Waals surface area contributed by atoms with Gasteiger partial charge in [0.1, 0.15) is 12.2 Å². The third-order valence-electron chi connectivity index (χ3n) is 4.34. The molecule has 2 heteroatoms. The third kappa shape index (κ3) is 3.44. The lowest BCUT2D eigenvalue weighted by atomic mass is 10.0. The van der Waals surface area contributed by atoms with Gasteiger partial charge in [-0.15, -0.1) is 0 Å². The normalized spacial score (nSPS) is 19.4. The number of aliphatic imine (C=N–C) groups is 1. The number of hydrogen-bond donors (Lipinski definition) is 0. The lowest BCUT2D eigenvalue weighted by Crippen LogP contribution is -2.09. The Balaban J connectivity index is 1.68. The van der Waals surface area contributed by atoms with E-state index in [9.17, 15) is 0 Å². The Kier molecular flexibility index (Phi) is 4.28. The molecule has 3 aromatic carbocycles. The lowest BCUT2D eigenvalue weighted by Gasteiger charge is -2.05. The Morgan fingerprint density at radius 3 is 2.12 bits per heavy atom. The second-order valence-electron chi connectivity index (χ2n) is 6.05. The molecular weight excluding hydrogens is 306 g/mol. The van der Waals surface area contributed by atoms with Gasteiger partial charge >= 0.3 is 0 Å². The van der Waals surface area contributed by atoms with Crippen LogP contribution in [0.5, 0.6) is 0 Å². The predicted octanol–water partition coefficient (Wildman–Crippen LogP) is 5.59. The van der Waals surface area contributed by atoms with Crippen molar-refractivity contribution in [2.45, 2.75) is 12.2 Å². The summed E-state index contributed by atoms with van der Waals surface area (Å²) in [5.41, 5.74) is 5.27. The molecule has 0 aromatic heterocycles. The van der Waals surface area contributed by atoms with E-state index in [0.717, 1.165) is 22.5 Å². The summed E-state index contributed by atoms with van der Waals surface area (Å²) in [6.07, 6.45) is 1.90. The van der Waals surface area contributed by atoms with Crippen LogP contribution in [0.25, 0.3) is 6.08 Å². The van der Waals surface area contributed by atoms with Crippen molar-refractivity contribution in [3.8, 4) is 0 Å². The van der Waals surface area contributed by atoms with Crippen molar-refractivity contribution in [1.29, 1.82) is 0 Å². The van der Waals surface area contributed by atoms with Crippen LogP contribution in [0.4, 0.5) is 5.69 Å². The van der Waals surface area contributed by atoms with Gasteiger partial charge in [0.25, 0.3) is 0 Å². The maximum Gasteiger partial charge on any atom is 0.131 e. The van der Waals surface area contributed by atoms with Crippen molar-refractivity contribution in [1.82, 2.24) is 0 Å². The van der Waals surface area contributed by atoms with Gasteiger partial charge in [-0.05, 0) is 28.8 Å². The number of hydrogen-bond acceptors (Lipinski definition) is 2. The molecule has 0 spiro atoms. The van der Waals surface area contributed by atoms with Crippen molar-refractivity contribution >= 4 is 17.5 Å². The SMILES string of the molecule is C=Cc1ccc(N=C(c2ccccc2)[C@H]2O[C@@H]2c2ccccc2)cc1. The van der Waals surface area contributed by atoms with Crippen LogP contribution in [0.2, 0.25) is 0 Å². The molecule has 1 heterocycles. The quantitative estimate of drug-likeness (QED) is 0.443. The first kappa shape index (κ1) is 15.6. The van der Waals surface area contributed by atoms with E-state index in [0.29, 0.717) is 0 Å². The van der Waals surface area contributed by atoms with Gasteiger partial charge in [-0.3, -0.25) is 0 Å². The predicted molar refractivity (Wildman–Crippen MR) is 103 cm³/mol. The molecule has 0 N–H and O–H groups in total. The Bertz CT molecular complexity index is 882. The first-order valence-electron chi connectivity index (χ1n) is 8.42. The number of rotatable bonds is 5. The number of ether oxygens (including phenoxy) is 1. The standard InChI is InChI=1S/C23H19NO/c1-2-17-13-15-20(16-14-17)24-21(18-9-5-3-6-10-18)23-22(25-23)19-11-7-4-8-12-19/h2-16,22-23H,1H2/t22-,23-/m1/s1. The van der Waals surface area contributed by atoms with Gasteiger partial charge in [-0.25, -0.2) is 4.99 Å².